The van der Waals surface area contributed by atoms with E-state index in [1.165, 1.54) is 12.1 Å². The predicted molar refractivity (Wildman–Crippen MR) is 60.9 cm³/mol. The Bertz CT molecular complexity index is 557. The average molecular weight is 260 g/mol. The van der Waals surface area contributed by atoms with Crippen LogP contribution in [0.2, 0.25) is 0 Å². The Morgan fingerprint density at radius 1 is 1.28 bits per heavy atom. The lowest BCUT2D eigenvalue weighted by Gasteiger charge is -2.07. The van der Waals surface area contributed by atoms with Crippen molar-refractivity contribution in [3.63, 3.8) is 0 Å². The Morgan fingerprint density at radius 2 is 2.00 bits per heavy atom. The number of nitrogens with one attached hydrogen (secondary N) is 2. The second kappa shape index (κ2) is 4.61. The zero-order chi connectivity index (χ0) is 13.3. The number of para-hydroxylation sites is 1. The molecule has 2 N–H and O–H groups in total. The van der Waals surface area contributed by atoms with Crippen molar-refractivity contribution in [1.82, 2.24) is 10.3 Å². The monoisotopic (exact) mass is 260 g/mol. The van der Waals surface area contributed by atoms with Crippen LogP contribution in [-0.4, -0.2) is 18.6 Å². The molecule has 0 bridgehead atoms. The summed E-state index contributed by atoms with van der Waals surface area (Å²) in [7, 11) is 1.66. The summed E-state index contributed by atoms with van der Waals surface area (Å²) in [6.07, 6.45) is -4.32. The molecule has 2 nitrogen and oxygen atoms in total. The second-order valence-corrected chi connectivity index (χ2v) is 3.99. The van der Waals surface area contributed by atoms with Gasteiger partial charge in [0.25, 0.3) is 0 Å². The number of rotatable bonds is 3. The first-order chi connectivity index (χ1) is 8.45. The van der Waals surface area contributed by atoms with Gasteiger partial charge in [0.2, 0.25) is 0 Å². The van der Waals surface area contributed by atoms with Crippen LogP contribution in [0.3, 0.4) is 0 Å². The Balaban J connectivity index is 2.65. The van der Waals surface area contributed by atoms with Crippen molar-refractivity contribution in [2.24, 2.45) is 0 Å². The molecule has 98 valence electrons. The zero-order valence-corrected chi connectivity index (χ0v) is 9.66. The lowest BCUT2D eigenvalue weighted by atomic mass is 10.1. The van der Waals surface area contributed by atoms with Crippen molar-refractivity contribution in [2.45, 2.75) is 12.6 Å². The van der Waals surface area contributed by atoms with Gasteiger partial charge in [-0.1, -0.05) is 12.1 Å². The number of H-pyrrole nitrogens is 1. The summed E-state index contributed by atoms with van der Waals surface area (Å²) in [6.45, 7) is 0.395. The molecule has 0 aliphatic heterocycles. The van der Waals surface area contributed by atoms with Crippen LogP contribution in [0, 0.1) is 5.82 Å². The van der Waals surface area contributed by atoms with Crippen LogP contribution in [-0.2, 0) is 12.6 Å². The topological polar surface area (TPSA) is 27.8 Å². The molecule has 0 aliphatic rings. The Labute approximate surface area is 101 Å². The zero-order valence-electron chi connectivity index (χ0n) is 9.66. The fourth-order valence-corrected chi connectivity index (χ4v) is 1.99. The van der Waals surface area contributed by atoms with Crippen molar-refractivity contribution < 1.29 is 17.6 Å². The standard InChI is InChI=1S/C12H12F4N2/c1-17-6-5-8-7-3-2-4-9(13)10(7)18-11(8)12(14,15)16/h2-4,17-18H,5-6H2,1H3. The Morgan fingerprint density at radius 3 is 2.61 bits per heavy atom. The predicted octanol–water partition coefficient (Wildman–Crippen LogP) is 3.09. The summed E-state index contributed by atoms with van der Waals surface area (Å²) < 4.78 is 52.1. The molecule has 2 aromatic rings. The molecule has 0 saturated heterocycles. The van der Waals surface area contributed by atoms with Gasteiger partial charge in [-0.15, -0.1) is 0 Å². The van der Waals surface area contributed by atoms with E-state index in [0.29, 0.717) is 6.54 Å². The molecule has 0 radical (unpaired) electrons. The molecule has 1 aromatic heterocycles. The number of hydrogen-bond acceptors (Lipinski definition) is 1. The van der Waals surface area contributed by atoms with Gasteiger partial charge in [0.05, 0.1) is 5.52 Å². The minimum absolute atomic E-state index is 0.0871. The minimum Gasteiger partial charge on any atom is -0.348 e. The van der Waals surface area contributed by atoms with Crippen LogP contribution in [0.5, 0.6) is 0 Å². The van der Waals surface area contributed by atoms with Crippen LogP contribution < -0.4 is 5.32 Å². The van der Waals surface area contributed by atoms with E-state index in [1.54, 1.807) is 7.05 Å². The van der Waals surface area contributed by atoms with E-state index in [-0.39, 0.29) is 22.9 Å². The highest BCUT2D eigenvalue weighted by Crippen LogP contribution is 2.36. The molecule has 18 heavy (non-hydrogen) atoms. The molecule has 0 amide bonds. The molecule has 0 atom stereocenters. The Hall–Kier alpha value is -1.56. The first-order valence-electron chi connectivity index (χ1n) is 5.46. The van der Waals surface area contributed by atoms with Crippen LogP contribution in [0.1, 0.15) is 11.3 Å². The second-order valence-electron chi connectivity index (χ2n) is 3.99. The molecule has 0 unspecified atom stereocenters. The number of halogens is 4. The van der Waals surface area contributed by atoms with Crippen LogP contribution in [0.25, 0.3) is 10.9 Å². The van der Waals surface area contributed by atoms with Crippen molar-refractivity contribution in [3.05, 3.63) is 35.3 Å². The maximum atomic E-state index is 13.5. The van der Waals surface area contributed by atoms with Crippen molar-refractivity contribution >= 4 is 10.9 Å². The molecule has 0 saturated carbocycles. The molecule has 0 aliphatic carbocycles. The van der Waals surface area contributed by atoms with Crippen molar-refractivity contribution in [2.75, 3.05) is 13.6 Å². The molecular formula is C12H12F4N2. The van der Waals surface area contributed by atoms with Gasteiger partial charge in [-0.25, -0.2) is 4.39 Å². The summed E-state index contributed by atoms with van der Waals surface area (Å²) in [5, 5.41) is 3.08. The lowest BCUT2D eigenvalue weighted by molar-refractivity contribution is -0.141. The van der Waals surface area contributed by atoms with Gasteiger partial charge in [-0.05, 0) is 31.6 Å². The van der Waals surface area contributed by atoms with Gasteiger partial charge < -0.3 is 10.3 Å². The maximum absolute atomic E-state index is 13.5. The largest absolute Gasteiger partial charge is 0.431 e. The number of hydrogen-bond donors (Lipinski definition) is 2. The number of fused-ring (bicyclic) bond motifs is 1. The number of aromatic amines is 1. The molecular weight excluding hydrogens is 248 g/mol. The highest BCUT2D eigenvalue weighted by atomic mass is 19.4. The highest BCUT2D eigenvalue weighted by molar-refractivity contribution is 5.85. The van der Waals surface area contributed by atoms with Crippen molar-refractivity contribution in [3.8, 4) is 0 Å². The summed E-state index contributed by atoms with van der Waals surface area (Å²) in [4.78, 5) is 2.15. The van der Waals surface area contributed by atoms with E-state index in [2.05, 4.69) is 10.3 Å². The fraction of sp³-hybridized carbons (Fsp3) is 0.333. The SMILES string of the molecule is CNCCc1c(C(F)(F)F)[nH]c2c(F)cccc12. The smallest absolute Gasteiger partial charge is 0.348 e. The molecule has 6 heteroatoms. The van der Waals surface area contributed by atoms with E-state index in [1.807, 2.05) is 0 Å². The third-order valence-electron chi connectivity index (χ3n) is 2.80. The number of benzene rings is 1. The number of likely N-dealkylation sites (N-methyl/N-ethyl adjacent to an activating group) is 1. The fourth-order valence-electron chi connectivity index (χ4n) is 1.99. The lowest BCUT2D eigenvalue weighted by Crippen LogP contribution is -2.14. The van der Waals surface area contributed by atoms with Crippen LogP contribution in [0.15, 0.2) is 18.2 Å². The van der Waals surface area contributed by atoms with Gasteiger partial charge >= 0.3 is 6.18 Å². The van der Waals surface area contributed by atoms with Gasteiger partial charge in [-0.2, -0.15) is 13.2 Å². The summed E-state index contributed by atoms with van der Waals surface area (Å²) in [5.41, 5.74) is -0.847. The first-order valence-corrected chi connectivity index (χ1v) is 5.46. The normalized spacial score (nSPS) is 12.3. The molecule has 0 fully saturated rings. The molecule has 1 aromatic carbocycles. The van der Waals surface area contributed by atoms with Gasteiger partial charge in [0.15, 0.2) is 0 Å². The van der Waals surface area contributed by atoms with E-state index < -0.39 is 17.7 Å². The van der Waals surface area contributed by atoms with Crippen LogP contribution >= 0.6 is 0 Å². The summed E-state index contributed by atoms with van der Waals surface area (Å²) >= 11 is 0. The average Bonchev–Trinajstić information content (AvgIpc) is 2.66. The van der Waals surface area contributed by atoms with Crippen LogP contribution in [0.4, 0.5) is 17.6 Å². The summed E-state index contributed by atoms with van der Waals surface area (Å²) in [5.74, 6) is -0.672. The van der Waals surface area contributed by atoms with E-state index in [4.69, 9.17) is 0 Å². The third-order valence-corrected chi connectivity index (χ3v) is 2.80. The maximum Gasteiger partial charge on any atom is 0.431 e. The van der Waals surface area contributed by atoms with Gasteiger partial charge in [0.1, 0.15) is 11.5 Å². The number of aromatic nitrogens is 1. The van der Waals surface area contributed by atoms with Crippen molar-refractivity contribution in [1.29, 1.82) is 0 Å². The van der Waals surface area contributed by atoms with E-state index >= 15 is 0 Å². The van der Waals surface area contributed by atoms with Gasteiger partial charge in [0, 0.05) is 5.39 Å². The third kappa shape index (κ3) is 2.20. The summed E-state index contributed by atoms with van der Waals surface area (Å²) in [6, 6.07) is 4.05. The minimum atomic E-state index is -4.51. The molecule has 0 spiro atoms. The van der Waals surface area contributed by atoms with Gasteiger partial charge in [-0.3, -0.25) is 0 Å². The van der Waals surface area contributed by atoms with E-state index in [9.17, 15) is 17.6 Å². The number of alkyl halides is 3. The quantitative estimate of drug-likeness (QED) is 0.815. The van der Waals surface area contributed by atoms with E-state index in [0.717, 1.165) is 6.07 Å². The Kier molecular flexibility index (Phi) is 3.30. The first kappa shape index (κ1) is 12.9. The molecule has 1 heterocycles. The highest BCUT2D eigenvalue weighted by Gasteiger charge is 2.36. The molecule has 2 rings (SSSR count).